The Labute approximate surface area is 161 Å². The number of hydrogen-bond donors (Lipinski definition) is 1. The van der Waals surface area contributed by atoms with Gasteiger partial charge in [0.15, 0.2) is 0 Å². The van der Waals surface area contributed by atoms with Crippen LogP contribution in [0.2, 0.25) is 0 Å². The van der Waals surface area contributed by atoms with Gasteiger partial charge in [-0.3, -0.25) is 9.59 Å². The number of nitrogens with one attached hydrogen (secondary N) is 1. The Hall–Kier alpha value is -3.42. The predicted molar refractivity (Wildman–Crippen MR) is 101 cm³/mol. The lowest BCUT2D eigenvalue weighted by molar-refractivity contribution is -0.129. The van der Waals surface area contributed by atoms with Gasteiger partial charge in [0.25, 0.3) is 11.7 Å². The van der Waals surface area contributed by atoms with Crippen molar-refractivity contribution in [1.82, 2.24) is 19.9 Å². The number of nitrogens with zero attached hydrogens (tertiary/aromatic N) is 3. The lowest BCUT2D eigenvalue weighted by atomic mass is 10.0. The molecule has 0 radical (unpaired) electrons. The van der Waals surface area contributed by atoms with Crippen molar-refractivity contribution >= 4 is 22.6 Å². The van der Waals surface area contributed by atoms with E-state index in [2.05, 4.69) is 15.0 Å². The van der Waals surface area contributed by atoms with E-state index in [4.69, 9.17) is 9.47 Å². The van der Waals surface area contributed by atoms with Crippen molar-refractivity contribution in [3.8, 4) is 11.9 Å². The van der Waals surface area contributed by atoms with Crippen LogP contribution in [0.5, 0.6) is 11.9 Å². The van der Waals surface area contributed by atoms with Crippen LogP contribution in [0.25, 0.3) is 10.9 Å². The van der Waals surface area contributed by atoms with E-state index in [1.807, 2.05) is 24.3 Å². The van der Waals surface area contributed by atoms with E-state index < -0.39 is 11.7 Å². The fourth-order valence-corrected chi connectivity index (χ4v) is 3.40. The number of aromatic nitrogens is 3. The number of ketones is 1. The molecule has 0 spiro atoms. The molecule has 0 aliphatic carbocycles. The second kappa shape index (κ2) is 7.67. The van der Waals surface area contributed by atoms with Gasteiger partial charge >= 0.3 is 6.01 Å². The van der Waals surface area contributed by atoms with Crippen LogP contribution < -0.4 is 9.47 Å². The highest BCUT2D eigenvalue weighted by Crippen LogP contribution is 2.21. The Morgan fingerprint density at radius 1 is 1.25 bits per heavy atom. The van der Waals surface area contributed by atoms with Gasteiger partial charge < -0.3 is 19.4 Å². The Morgan fingerprint density at radius 3 is 2.96 bits per heavy atom. The first-order chi connectivity index (χ1) is 13.7. The largest absolute Gasteiger partial charge is 0.472 e. The Balaban J connectivity index is 1.46. The summed E-state index contributed by atoms with van der Waals surface area (Å²) in [5, 5.41) is 0.749. The van der Waals surface area contributed by atoms with Crippen LogP contribution in [0.15, 0.2) is 42.7 Å². The summed E-state index contributed by atoms with van der Waals surface area (Å²) in [5.41, 5.74) is 1.22. The molecule has 1 saturated heterocycles. The highest BCUT2D eigenvalue weighted by molar-refractivity contribution is 6.44. The molecule has 1 aliphatic heterocycles. The fraction of sp³-hybridized carbons (Fsp3) is 0.300. The Bertz CT molecular complexity index is 1020. The summed E-state index contributed by atoms with van der Waals surface area (Å²) in [7, 11) is 1.48. The van der Waals surface area contributed by atoms with Crippen molar-refractivity contribution in [2.24, 2.45) is 0 Å². The summed E-state index contributed by atoms with van der Waals surface area (Å²) >= 11 is 0. The molecule has 1 aromatic carbocycles. The van der Waals surface area contributed by atoms with Crippen molar-refractivity contribution in [2.45, 2.75) is 18.9 Å². The molecule has 1 atom stereocenters. The molecule has 1 amide bonds. The molecule has 2 aromatic heterocycles. The number of rotatable bonds is 5. The molecule has 3 heterocycles. The molecular weight excluding hydrogens is 360 g/mol. The van der Waals surface area contributed by atoms with E-state index in [1.54, 1.807) is 23.4 Å². The molecule has 144 valence electrons. The smallest absolute Gasteiger partial charge is 0.319 e. The molecule has 3 aromatic rings. The van der Waals surface area contributed by atoms with Crippen LogP contribution in [0.4, 0.5) is 0 Å². The third-order valence-electron chi connectivity index (χ3n) is 4.77. The standard InChI is InChI=1S/C20H20N4O4/c1-27-20-21-9-8-17(23-20)28-13-5-4-10-24(12-13)19(26)18(25)15-11-22-16-7-3-2-6-14(15)16/h2-3,6-9,11,13,22H,4-5,10,12H2,1H3. The number of para-hydroxylation sites is 1. The van der Waals surface area contributed by atoms with Gasteiger partial charge in [0.05, 0.1) is 19.2 Å². The predicted octanol–water partition coefficient (Wildman–Crippen LogP) is 2.22. The molecule has 1 fully saturated rings. The molecule has 4 rings (SSSR count). The van der Waals surface area contributed by atoms with Crippen LogP contribution in [-0.2, 0) is 4.79 Å². The molecule has 1 N–H and O–H groups in total. The van der Waals surface area contributed by atoms with Crippen molar-refractivity contribution in [2.75, 3.05) is 20.2 Å². The van der Waals surface area contributed by atoms with Gasteiger partial charge in [0, 0.05) is 35.9 Å². The van der Waals surface area contributed by atoms with E-state index in [9.17, 15) is 9.59 Å². The number of fused-ring (bicyclic) bond motifs is 1. The van der Waals surface area contributed by atoms with Gasteiger partial charge in [0.2, 0.25) is 5.88 Å². The van der Waals surface area contributed by atoms with Gasteiger partial charge in [-0.05, 0) is 18.9 Å². The molecule has 8 heteroatoms. The Morgan fingerprint density at radius 2 is 2.11 bits per heavy atom. The fourth-order valence-electron chi connectivity index (χ4n) is 3.40. The number of methoxy groups -OCH3 is 1. The van der Waals surface area contributed by atoms with Crippen molar-refractivity contribution in [3.63, 3.8) is 0 Å². The van der Waals surface area contributed by atoms with Crippen molar-refractivity contribution in [3.05, 3.63) is 48.3 Å². The SMILES string of the molecule is COc1nccc(OC2CCCN(C(=O)C(=O)c3c[nH]c4ccccc34)C2)n1. The maximum Gasteiger partial charge on any atom is 0.319 e. The quantitative estimate of drug-likeness (QED) is 0.538. The minimum Gasteiger partial charge on any atom is -0.472 e. The van der Waals surface area contributed by atoms with Crippen molar-refractivity contribution in [1.29, 1.82) is 0 Å². The maximum absolute atomic E-state index is 12.8. The number of hydrogen-bond acceptors (Lipinski definition) is 6. The summed E-state index contributed by atoms with van der Waals surface area (Å²) in [4.78, 5) is 38.2. The summed E-state index contributed by atoms with van der Waals surface area (Å²) in [6, 6.07) is 9.28. The van der Waals surface area contributed by atoms with Gasteiger partial charge in [-0.15, -0.1) is 0 Å². The monoisotopic (exact) mass is 380 g/mol. The number of aromatic amines is 1. The molecule has 1 unspecified atom stereocenters. The molecule has 0 bridgehead atoms. The zero-order valence-electron chi connectivity index (χ0n) is 15.4. The maximum atomic E-state index is 12.8. The van der Waals surface area contributed by atoms with E-state index >= 15 is 0 Å². The number of piperidine rings is 1. The summed E-state index contributed by atoms with van der Waals surface area (Å²) in [6.45, 7) is 0.860. The normalized spacial score (nSPS) is 16.8. The zero-order valence-corrected chi connectivity index (χ0v) is 15.4. The van der Waals surface area contributed by atoms with Gasteiger partial charge in [0.1, 0.15) is 6.10 Å². The van der Waals surface area contributed by atoms with E-state index in [1.165, 1.54) is 7.11 Å². The first-order valence-corrected chi connectivity index (χ1v) is 9.09. The summed E-state index contributed by atoms with van der Waals surface area (Å²) in [6.07, 6.45) is 4.42. The van der Waals surface area contributed by atoms with Gasteiger partial charge in [-0.25, -0.2) is 4.98 Å². The number of carbonyl (C=O) groups is 2. The van der Waals surface area contributed by atoms with Gasteiger partial charge in [-0.1, -0.05) is 18.2 Å². The number of Topliss-reactive ketones (excluding diaryl/α,β-unsaturated/α-hetero) is 1. The molecular formula is C20H20N4O4. The topological polar surface area (TPSA) is 97.4 Å². The number of ether oxygens (including phenoxy) is 2. The van der Waals surface area contributed by atoms with E-state index in [0.717, 1.165) is 23.7 Å². The third-order valence-corrected chi connectivity index (χ3v) is 4.77. The molecule has 8 nitrogen and oxygen atoms in total. The summed E-state index contributed by atoms with van der Waals surface area (Å²) < 4.78 is 10.9. The highest BCUT2D eigenvalue weighted by Gasteiger charge is 2.30. The van der Waals surface area contributed by atoms with Crippen molar-refractivity contribution < 1.29 is 19.1 Å². The van der Waals surface area contributed by atoms with E-state index in [0.29, 0.717) is 24.5 Å². The number of carbonyl (C=O) groups excluding carboxylic acids is 2. The third kappa shape index (κ3) is 3.53. The lowest BCUT2D eigenvalue weighted by Gasteiger charge is -2.32. The molecule has 1 aliphatic rings. The molecule has 28 heavy (non-hydrogen) atoms. The Kier molecular flexibility index (Phi) is 4.92. The van der Waals surface area contributed by atoms with Crippen LogP contribution in [0.3, 0.4) is 0 Å². The average Bonchev–Trinajstić information content (AvgIpc) is 3.17. The average molecular weight is 380 g/mol. The van der Waals surface area contributed by atoms with Crippen LogP contribution in [0.1, 0.15) is 23.2 Å². The first kappa shape index (κ1) is 18.0. The van der Waals surface area contributed by atoms with E-state index in [-0.39, 0.29) is 12.1 Å². The molecule has 0 saturated carbocycles. The second-order valence-corrected chi connectivity index (χ2v) is 6.59. The number of H-pyrrole nitrogens is 1. The van der Waals surface area contributed by atoms with Gasteiger partial charge in [-0.2, -0.15) is 4.98 Å². The number of benzene rings is 1. The first-order valence-electron chi connectivity index (χ1n) is 9.09. The zero-order chi connectivity index (χ0) is 19.5. The second-order valence-electron chi connectivity index (χ2n) is 6.59. The van der Waals surface area contributed by atoms with Crippen LogP contribution in [0, 0.1) is 0 Å². The van der Waals surface area contributed by atoms with Crippen LogP contribution >= 0.6 is 0 Å². The minimum atomic E-state index is -0.515. The summed E-state index contributed by atoms with van der Waals surface area (Å²) in [5.74, 6) is -0.644. The minimum absolute atomic E-state index is 0.218. The number of amides is 1. The van der Waals surface area contributed by atoms with Crippen LogP contribution in [-0.4, -0.2) is 57.8 Å². The lowest BCUT2D eigenvalue weighted by Crippen LogP contribution is -2.47. The highest BCUT2D eigenvalue weighted by atomic mass is 16.5. The number of likely N-dealkylation sites (tertiary alicyclic amines) is 1.